The van der Waals surface area contributed by atoms with Crippen LogP contribution in [0.1, 0.15) is 23.2 Å². The van der Waals surface area contributed by atoms with Crippen LogP contribution in [0, 0.1) is 10.1 Å². The van der Waals surface area contributed by atoms with Crippen LogP contribution in [0.25, 0.3) is 0 Å². The first-order chi connectivity index (χ1) is 15.9. The van der Waals surface area contributed by atoms with E-state index in [0.717, 1.165) is 36.5 Å². The summed E-state index contributed by atoms with van der Waals surface area (Å²) in [6.45, 7) is 0.978. The number of rotatable bonds is 6. The first kappa shape index (κ1) is 22.1. The van der Waals surface area contributed by atoms with Crippen LogP contribution in [0.4, 0.5) is 22.7 Å². The second-order valence-electron chi connectivity index (χ2n) is 7.64. The van der Waals surface area contributed by atoms with Crippen molar-refractivity contribution in [3.63, 3.8) is 0 Å². The second kappa shape index (κ2) is 9.15. The number of ether oxygens (including phenoxy) is 2. The fourth-order valence-electron chi connectivity index (χ4n) is 3.93. The molecule has 2 amide bonds. The largest absolute Gasteiger partial charge is 0.482 e. The van der Waals surface area contributed by atoms with Crippen molar-refractivity contribution >= 4 is 40.5 Å². The minimum atomic E-state index is -0.585. The molecule has 0 aliphatic carbocycles. The maximum Gasteiger partial charge on any atom is 0.337 e. The monoisotopic (exact) mass is 454 g/mol. The molecule has 2 aliphatic rings. The highest BCUT2D eigenvalue weighted by Gasteiger charge is 2.30. The highest BCUT2D eigenvalue weighted by molar-refractivity contribution is 6.06. The fourth-order valence-corrected chi connectivity index (χ4v) is 3.93. The summed E-state index contributed by atoms with van der Waals surface area (Å²) in [5, 5.41) is 13.9. The SMILES string of the molecule is COC(=O)c1ccc(N2CCCC2)c(NC(=O)CN2C(=O)COc3ccc([N+](=O)[O-])cc32)c1. The molecule has 33 heavy (non-hydrogen) atoms. The number of carbonyl (C=O) groups is 3. The average Bonchev–Trinajstić information content (AvgIpc) is 3.34. The molecule has 11 heteroatoms. The zero-order valence-electron chi connectivity index (χ0n) is 17.9. The Bertz CT molecular complexity index is 1130. The van der Waals surface area contributed by atoms with Gasteiger partial charge in [-0.3, -0.25) is 24.6 Å². The quantitative estimate of drug-likeness (QED) is 0.400. The summed E-state index contributed by atoms with van der Waals surface area (Å²) >= 11 is 0. The summed E-state index contributed by atoms with van der Waals surface area (Å²) < 4.78 is 10.1. The van der Waals surface area contributed by atoms with E-state index in [4.69, 9.17) is 9.47 Å². The van der Waals surface area contributed by atoms with Gasteiger partial charge in [-0.25, -0.2) is 4.79 Å². The van der Waals surface area contributed by atoms with Crippen LogP contribution >= 0.6 is 0 Å². The number of non-ortho nitro benzene ring substituents is 1. The molecular formula is C22H22N4O7. The van der Waals surface area contributed by atoms with E-state index >= 15 is 0 Å². The van der Waals surface area contributed by atoms with Crippen molar-refractivity contribution in [2.75, 3.05) is 48.5 Å². The molecular weight excluding hydrogens is 432 g/mol. The minimum absolute atomic E-state index is 0.152. The van der Waals surface area contributed by atoms with Crippen molar-refractivity contribution in [1.29, 1.82) is 0 Å². The number of benzene rings is 2. The lowest BCUT2D eigenvalue weighted by molar-refractivity contribution is -0.384. The number of nitro benzene ring substituents is 1. The molecule has 0 aromatic heterocycles. The molecule has 172 valence electrons. The van der Waals surface area contributed by atoms with E-state index in [2.05, 4.69) is 10.2 Å². The first-order valence-corrected chi connectivity index (χ1v) is 10.4. The number of carbonyl (C=O) groups excluding carboxylic acids is 3. The van der Waals surface area contributed by atoms with Gasteiger partial charge in [0.1, 0.15) is 12.3 Å². The van der Waals surface area contributed by atoms with Crippen LogP contribution in [-0.2, 0) is 14.3 Å². The summed E-state index contributed by atoms with van der Waals surface area (Å²) in [7, 11) is 1.27. The molecule has 0 saturated carbocycles. The van der Waals surface area contributed by atoms with Gasteiger partial charge in [0.15, 0.2) is 6.61 Å². The number of nitrogens with zero attached hydrogens (tertiary/aromatic N) is 3. The molecule has 11 nitrogen and oxygen atoms in total. The number of anilines is 3. The number of amides is 2. The molecule has 0 atom stereocenters. The molecule has 2 aromatic carbocycles. The van der Waals surface area contributed by atoms with Gasteiger partial charge in [-0.1, -0.05) is 0 Å². The summed E-state index contributed by atoms with van der Waals surface area (Å²) in [5.74, 6) is -1.28. The van der Waals surface area contributed by atoms with Gasteiger partial charge in [-0.15, -0.1) is 0 Å². The lowest BCUT2D eigenvalue weighted by Crippen LogP contribution is -2.43. The Hall–Kier alpha value is -4.15. The molecule has 2 aliphatic heterocycles. The van der Waals surface area contributed by atoms with E-state index in [-0.39, 0.29) is 35.8 Å². The predicted octanol–water partition coefficient (Wildman–Crippen LogP) is 2.35. The van der Waals surface area contributed by atoms with Gasteiger partial charge in [0.2, 0.25) is 5.91 Å². The van der Waals surface area contributed by atoms with E-state index < -0.39 is 22.7 Å². The van der Waals surface area contributed by atoms with Crippen molar-refractivity contribution in [3.8, 4) is 5.75 Å². The Morgan fingerprint density at radius 2 is 1.91 bits per heavy atom. The Kier molecular flexibility index (Phi) is 6.11. The van der Waals surface area contributed by atoms with Crippen LogP contribution in [-0.4, -0.2) is 56.1 Å². The molecule has 0 spiro atoms. The molecule has 4 rings (SSSR count). The number of nitro groups is 1. The van der Waals surface area contributed by atoms with Crippen molar-refractivity contribution in [2.45, 2.75) is 12.8 Å². The van der Waals surface area contributed by atoms with E-state index in [9.17, 15) is 24.5 Å². The number of fused-ring (bicyclic) bond motifs is 1. The van der Waals surface area contributed by atoms with Crippen molar-refractivity contribution in [1.82, 2.24) is 0 Å². The van der Waals surface area contributed by atoms with Crippen LogP contribution in [0.2, 0.25) is 0 Å². The molecule has 0 bridgehead atoms. The van der Waals surface area contributed by atoms with Gasteiger partial charge < -0.3 is 19.7 Å². The Morgan fingerprint density at radius 1 is 1.15 bits per heavy atom. The van der Waals surface area contributed by atoms with E-state index in [1.54, 1.807) is 12.1 Å². The number of hydrogen-bond donors (Lipinski definition) is 1. The lowest BCUT2D eigenvalue weighted by atomic mass is 10.1. The molecule has 2 heterocycles. The predicted molar refractivity (Wildman–Crippen MR) is 119 cm³/mol. The topological polar surface area (TPSA) is 131 Å². The Labute approximate surface area is 189 Å². The number of methoxy groups -OCH3 is 1. The van der Waals surface area contributed by atoms with E-state index in [1.165, 1.54) is 31.4 Å². The van der Waals surface area contributed by atoms with Crippen molar-refractivity contribution < 1.29 is 28.8 Å². The first-order valence-electron chi connectivity index (χ1n) is 10.4. The molecule has 1 saturated heterocycles. The lowest BCUT2D eigenvalue weighted by Gasteiger charge is -2.29. The number of hydrogen-bond acceptors (Lipinski definition) is 8. The summed E-state index contributed by atoms with van der Waals surface area (Å²) in [6.07, 6.45) is 2.04. The third kappa shape index (κ3) is 4.56. The van der Waals surface area contributed by atoms with E-state index in [1.807, 2.05) is 0 Å². The van der Waals surface area contributed by atoms with Gasteiger partial charge in [-0.05, 0) is 37.1 Å². The standard InChI is InChI=1S/C22H22N4O7/c1-32-22(29)14-4-6-17(24-8-2-3-9-24)16(10-14)23-20(27)12-25-18-11-15(26(30)31)5-7-19(18)33-13-21(25)28/h4-7,10-11H,2-3,8-9,12-13H2,1H3,(H,23,27). The van der Waals surface area contributed by atoms with Crippen LogP contribution in [0.5, 0.6) is 5.75 Å². The smallest absolute Gasteiger partial charge is 0.337 e. The molecule has 0 radical (unpaired) electrons. The Morgan fingerprint density at radius 3 is 2.61 bits per heavy atom. The van der Waals surface area contributed by atoms with Crippen LogP contribution in [0.3, 0.4) is 0 Å². The van der Waals surface area contributed by atoms with Crippen molar-refractivity contribution in [2.24, 2.45) is 0 Å². The third-order valence-corrected chi connectivity index (χ3v) is 5.54. The number of nitrogens with one attached hydrogen (secondary N) is 1. The van der Waals surface area contributed by atoms with Crippen molar-refractivity contribution in [3.05, 3.63) is 52.1 Å². The fraction of sp³-hybridized carbons (Fsp3) is 0.318. The zero-order chi connectivity index (χ0) is 23.5. The maximum absolute atomic E-state index is 13.0. The normalized spacial score (nSPS) is 15.0. The summed E-state index contributed by atoms with van der Waals surface area (Å²) in [6, 6.07) is 8.80. The average molecular weight is 454 g/mol. The molecule has 1 N–H and O–H groups in total. The molecule has 0 unspecified atom stereocenters. The summed E-state index contributed by atoms with van der Waals surface area (Å²) in [5.41, 5.74) is 1.39. The summed E-state index contributed by atoms with van der Waals surface area (Å²) in [4.78, 5) is 51.3. The van der Waals surface area contributed by atoms with E-state index in [0.29, 0.717) is 5.69 Å². The van der Waals surface area contributed by atoms with Gasteiger partial charge in [0.25, 0.3) is 11.6 Å². The molecule has 2 aromatic rings. The number of esters is 1. The minimum Gasteiger partial charge on any atom is -0.482 e. The highest BCUT2D eigenvalue weighted by Crippen LogP contribution is 2.35. The maximum atomic E-state index is 13.0. The van der Waals surface area contributed by atoms with Gasteiger partial charge in [-0.2, -0.15) is 0 Å². The highest BCUT2D eigenvalue weighted by atomic mass is 16.6. The third-order valence-electron chi connectivity index (χ3n) is 5.54. The second-order valence-corrected chi connectivity index (χ2v) is 7.64. The van der Waals surface area contributed by atoms with Crippen LogP contribution in [0.15, 0.2) is 36.4 Å². The Balaban J connectivity index is 1.60. The molecule has 1 fully saturated rings. The van der Waals surface area contributed by atoms with Gasteiger partial charge in [0.05, 0.1) is 34.7 Å². The zero-order valence-corrected chi connectivity index (χ0v) is 17.9. The van der Waals surface area contributed by atoms with Gasteiger partial charge in [0, 0.05) is 25.2 Å². The van der Waals surface area contributed by atoms with Gasteiger partial charge >= 0.3 is 5.97 Å². The van der Waals surface area contributed by atoms with Crippen LogP contribution < -0.4 is 19.9 Å².